The fourth-order valence-corrected chi connectivity index (χ4v) is 3.51. The molecule has 2 aromatic rings. The Labute approximate surface area is 169 Å². The standard InChI is InChI=1S/C19H17F3N4O4/c1-24-8-11(7-23-24)14-9-26(12-3-5-13(6-4-12)30-19(20,21)22)18(28)16-17(14)29-10-15(27)25(16)2/h3-9,16-17H,10H2,1-2H3. The number of fused-ring (bicyclic) bond motifs is 1. The van der Waals surface area contributed by atoms with Crippen LogP contribution in [-0.4, -0.2) is 58.7 Å². The highest BCUT2D eigenvalue weighted by atomic mass is 19.4. The molecule has 3 heterocycles. The van der Waals surface area contributed by atoms with Crippen LogP contribution in [0.3, 0.4) is 0 Å². The molecule has 11 heteroatoms. The van der Waals surface area contributed by atoms with Crippen molar-refractivity contribution in [2.75, 3.05) is 18.6 Å². The van der Waals surface area contributed by atoms with E-state index in [-0.39, 0.29) is 12.5 Å². The summed E-state index contributed by atoms with van der Waals surface area (Å²) in [6, 6.07) is 3.99. The molecule has 0 spiro atoms. The molecule has 4 rings (SSSR count). The number of carbonyl (C=O) groups is 2. The highest BCUT2D eigenvalue weighted by Crippen LogP contribution is 2.36. The van der Waals surface area contributed by atoms with Crippen molar-refractivity contribution >= 4 is 23.1 Å². The predicted molar refractivity (Wildman–Crippen MR) is 98.1 cm³/mol. The van der Waals surface area contributed by atoms with Crippen molar-refractivity contribution in [2.45, 2.75) is 18.5 Å². The molecule has 2 unspecified atom stereocenters. The lowest BCUT2D eigenvalue weighted by molar-refractivity contribution is -0.274. The number of benzene rings is 1. The number of morpholine rings is 1. The van der Waals surface area contributed by atoms with E-state index in [9.17, 15) is 22.8 Å². The van der Waals surface area contributed by atoms with E-state index >= 15 is 0 Å². The van der Waals surface area contributed by atoms with Gasteiger partial charge in [-0.3, -0.25) is 19.2 Å². The Hall–Kier alpha value is -3.34. The van der Waals surface area contributed by atoms with E-state index in [1.165, 1.54) is 29.0 Å². The SMILES string of the molecule is CN1C(=O)COC2C(c3cnn(C)c3)=CN(c3ccc(OC(F)(F)F)cc3)C(=O)C21. The van der Waals surface area contributed by atoms with E-state index in [0.29, 0.717) is 16.8 Å². The molecule has 1 aromatic carbocycles. The van der Waals surface area contributed by atoms with E-state index in [4.69, 9.17) is 4.74 Å². The van der Waals surface area contributed by atoms with E-state index < -0.39 is 30.2 Å². The summed E-state index contributed by atoms with van der Waals surface area (Å²) in [5, 5.41) is 4.14. The summed E-state index contributed by atoms with van der Waals surface area (Å²) >= 11 is 0. The van der Waals surface area contributed by atoms with E-state index in [0.717, 1.165) is 12.1 Å². The smallest absolute Gasteiger partial charge is 0.406 e. The number of hydrogen-bond donors (Lipinski definition) is 0. The van der Waals surface area contributed by atoms with Gasteiger partial charge in [0.2, 0.25) is 5.91 Å². The summed E-state index contributed by atoms with van der Waals surface area (Å²) in [4.78, 5) is 27.9. The molecule has 1 aromatic heterocycles. The fraction of sp³-hybridized carbons (Fsp3) is 0.316. The molecule has 0 saturated carbocycles. The number of nitrogens with zero attached hydrogens (tertiary/aromatic N) is 4. The Morgan fingerprint density at radius 3 is 2.47 bits per heavy atom. The number of alkyl halides is 3. The average molecular weight is 422 g/mol. The largest absolute Gasteiger partial charge is 0.573 e. The van der Waals surface area contributed by atoms with Crippen LogP contribution in [0.4, 0.5) is 18.9 Å². The molecule has 0 aliphatic carbocycles. The lowest BCUT2D eigenvalue weighted by Gasteiger charge is -2.43. The quantitative estimate of drug-likeness (QED) is 0.756. The minimum absolute atomic E-state index is 0.161. The molecule has 0 bridgehead atoms. The van der Waals surface area contributed by atoms with Gasteiger partial charge in [-0.1, -0.05) is 0 Å². The highest BCUT2D eigenvalue weighted by Gasteiger charge is 2.47. The number of aromatic nitrogens is 2. The zero-order valence-corrected chi connectivity index (χ0v) is 16.0. The summed E-state index contributed by atoms with van der Waals surface area (Å²) < 4.78 is 48.4. The van der Waals surface area contributed by atoms with Gasteiger partial charge in [0, 0.05) is 43.3 Å². The predicted octanol–water partition coefficient (Wildman–Crippen LogP) is 1.93. The van der Waals surface area contributed by atoms with Crippen LogP contribution >= 0.6 is 0 Å². The summed E-state index contributed by atoms with van der Waals surface area (Å²) in [5.41, 5.74) is 1.65. The number of anilines is 1. The summed E-state index contributed by atoms with van der Waals surface area (Å²) in [6.45, 7) is -0.161. The molecule has 8 nitrogen and oxygen atoms in total. The van der Waals surface area contributed by atoms with Gasteiger partial charge in [-0.15, -0.1) is 13.2 Å². The van der Waals surface area contributed by atoms with Crippen LogP contribution in [0.2, 0.25) is 0 Å². The molecule has 1 saturated heterocycles. The maximum atomic E-state index is 13.2. The Kier molecular flexibility index (Phi) is 4.77. The minimum Gasteiger partial charge on any atom is -0.406 e. The Morgan fingerprint density at radius 1 is 1.17 bits per heavy atom. The van der Waals surface area contributed by atoms with Crippen molar-refractivity contribution < 1.29 is 32.2 Å². The first-order valence-corrected chi connectivity index (χ1v) is 8.91. The van der Waals surface area contributed by atoms with Crippen LogP contribution < -0.4 is 9.64 Å². The lowest BCUT2D eigenvalue weighted by Crippen LogP contribution is -2.61. The van der Waals surface area contributed by atoms with E-state index in [1.54, 1.807) is 30.3 Å². The zero-order chi connectivity index (χ0) is 21.6. The van der Waals surface area contributed by atoms with Gasteiger partial charge in [0.25, 0.3) is 5.91 Å². The molecule has 1 fully saturated rings. The number of aryl methyl sites for hydroxylation is 1. The Balaban J connectivity index is 1.74. The van der Waals surface area contributed by atoms with Gasteiger partial charge < -0.3 is 14.4 Å². The summed E-state index contributed by atoms with van der Waals surface area (Å²) in [5.74, 6) is -1.18. The van der Waals surface area contributed by atoms with Gasteiger partial charge in [0.15, 0.2) is 0 Å². The first kappa shape index (κ1) is 20.0. The molecule has 2 atom stereocenters. The number of amides is 2. The lowest BCUT2D eigenvalue weighted by atomic mass is 9.91. The van der Waals surface area contributed by atoms with Crippen LogP contribution in [0.15, 0.2) is 42.9 Å². The normalized spacial score (nSPS) is 22.1. The van der Waals surface area contributed by atoms with E-state index in [2.05, 4.69) is 9.84 Å². The fourth-order valence-electron chi connectivity index (χ4n) is 3.51. The first-order valence-electron chi connectivity index (χ1n) is 8.91. The third-order valence-electron chi connectivity index (χ3n) is 4.94. The van der Waals surface area contributed by atoms with Crippen molar-refractivity contribution in [3.63, 3.8) is 0 Å². The molecular weight excluding hydrogens is 405 g/mol. The number of halogens is 3. The van der Waals surface area contributed by atoms with Crippen molar-refractivity contribution in [3.8, 4) is 5.75 Å². The molecule has 2 aliphatic heterocycles. The number of hydrogen-bond acceptors (Lipinski definition) is 5. The van der Waals surface area contributed by atoms with Gasteiger partial charge >= 0.3 is 6.36 Å². The van der Waals surface area contributed by atoms with Gasteiger partial charge in [-0.05, 0) is 24.3 Å². The highest BCUT2D eigenvalue weighted by molar-refractivity contribution is 6.06. The molecular formula is C19H17F3N4O4. The van der Waals surface area contributed by atoms with Crippen LogP contribution in [-0.2, 0) is 21.4 Å². The van der Waals surface area contributed by atoms with Crippen molar-refractivity contribution in [1.82, 2.24) is 14.7 Å². The summed E-state index contributed by atoms with van der Waals surface area (Å²) in [7, 11) is 3.26. The van der Waals surface area contributed by atoms with Crippen molar-refractivity contribution in [2.24, 2.45) is 7.05 Å². The van der Waals surface area contributed by atoms with E-state index in [1.807, 2.05) is 0 Å². The minimum atomic E-state index is -4.81. The Morgan fingerprint density at radius 2 is 1.87 bits per heavy atom. The number of ether oxygens (including phenoxy) is 2. The second-order valence-electron chi connectivity index (χ2n) is 6.92. The first-order chi connectivity index (χ1) is 14.1. The number of carbonyl (C=O) groups excluding carboxylic acids is 2. The maximum Gasteiger partial charge on any atom is 0.573 e. The zero-order valence-electron chi connectivity index (χ0n) is 16.0. The number of rotatable bonds is 3. The van der Waals surface area contributed by atoms with Crippen LogP contribution in [0.1, 0.15) is 5.56 Å². The second-order valence-corrected chi connectivity index (χ2v) is 6.92. The average Bonchev–Trinajstić information content (AvgIpc) is 3.10. The monoisotopic (exact) mass is 422 g/mol. The molecule has 2 amide bonds. The Bertz CT molecular complexity index is 1020. The van der Waals surface area contributed by atoms with Crippen LogP contribution in [0, 0.1) is 0 Å². The molecule has 0 N–H and O–H groups in total. The van der Waals surface area contributed by atoms with Crippen LogP contribution in [0.5, 0.6) is 5.75 Å². The number of likely N-dealkylation sites (N-methyl/N-ethyl adjacent to an activating group) is 1. The van der Waals surface area contributed by atoms with Gasteiger partial charge in [-0.2, -0.15) is 5.10 Å². The third-order valence-corrected chi connectivity index (χ3v) is 4.94. The second kappa shape index (κ2) is 7.17. The van der Waals surface area contributed by atoms with Gasteiger partial charge in [0.05, 0.1) is 6.20 Å². The molecule has 158 valence electrons. The summed E-state index contributed by atoms with van der Waals surface area (Å²) in [6.07, 6.45) is -0.586. The van der Waals surface area contributed by atoms with Crippen LogP contribution in [0.25, 0.3) is 5.57 Å². The van der Waals surface area contributed by atoms with Crippen molar-refractivity contribution in [3.05, 3.63) is 48.4 Å². The van der Waals surface area contributed by atoms with Crippen molar-refractivity contribution in [1.29, 1.82) is 0 Å². The third kappa shape index (κ3) is 3.63. The molecule has 30 heavy (non-hydrogen) atoms. The molecule has 0 radical (unpaired) electrons. The van der Waals surface area contributed by atoms with Gasteiger partial charge in [-0.25, -0.2) is 0 Å². The van der Waals surface area contributed by atoms with Gasteiger partial charge in [0.1, 0.15) is 24.5 Å². The maximum absolute atomic E-state index is 13.2. The topological polar surface area (TPSA) is 76.9 Å². The molecule has 2 aliphatic rings.